The molecule has 84 valence electrons. The van der Waals surface area contributed by atoms with E-state index in [-0.39, 0.29) is 18.4 Å². The zero-order valence-corrected chi connectivity index (χ0v) is 9.16. The second kappa shape index (κ2) is 5.06. The molecule has 14 heavy (non-hydrogen) atoms. The molecule has 0 amide bonds. The number of nitrogens with zero attached hydrogens (tertiary/aromatic N) is 1. The number of aliphatic hydroxyl groups excluding tert-OH is 1. The van der Waals surface area contributed by atoms with Gasteiger partial charge < -0.3 is 9.84 Å². The molecule has 0 spiro atoms. The second-order valence-corrected chi connectivity index (χ2v) is 5.47. The zero-order chi connectivity index (χ0) is 10.6. The molecule has 1 N–H and O–H groups in total. The molecule has 0 saturated carbocycles. The van der Waals surface area contributed by atoms with Gasteiger partial charge in [0, 0.05) is 19.2 Å². The van der Waals surface area contributed by atoms with Gasteiger partial charge >= 0.3 is 0 Å². The van der Waals surface area contributed by atoms with Gasteiger partial charge in [0.25, 0.3) is 0 Å². The fourth-order valence-corrected chi connectivity index (χ4v) is 3.18. The van der Waals surface area contributed by atoms with Gasteiger partial charge in [-0.05, 0) is 13.3 Å². The maximum atomic E-state index is 11.7. The Morgan fingerprint density at radius 3 is 2.86 bits per heavy atom. The van der Waals surface area contributed by atoms with Crippen LogP contribution >= 0.6 is 0 Å². The molecule has 1 rings (SSSR count). The predicted molar refractivity (Wildman–Crippen MR) is 52.5 cm³/mol. The topological polar surface area (TPSA) is 66.8 Å². The molecule has 1 aliphatic rings. The lowest BCUT2D eigenvalue weighted by Gasteiger charge is -2.32. The normalized spacial score (nSPS) is 25.1. The molecule has 0 aliphatic carbocycles. The molecule has 1 heterocycles. The van der Waals surface area contributed by atoms with Crippen LogP contribution in [0.5, 0.6) is 0 Å². The van der Waals surface area contributed by atoms with E-state index in [0.717, 1.165) is 0 Å². The number of hydrogen-bond acceptors (Lipinski definition) is 4. The summed E-state index contributed by atoms with van der Waals surface area (Å²) in [5, 5.41) is 8.59. The predicted octanol–water partition coefficient (Wildman–Crippen LogP) is -0.581. The summed E-state index contributed by atoms with van der Waals surface area (Å²) in [4.78, 5) is 0. The summed E-state index contributed by atoms with van der Waals surface area (Å²) in [7, 11) is -3.20. The van der Waals surface area contributed by atoms with Crippen LogP contribution < -0.4 is 0 Å². The number of aliphatic hydroxyl groups is 1. The molecule has 1 unspecified atom stereocenters. The van der Waals surface area contributed by atoms with Crippen LogP contribution in [0, 0.1) is 0 Å². The van der Waals surface area contributed by atoms with Crippen molar-refractivity contribution in [3.63, 3.8) is 0 Å². The smallest absolute Gasteiger partial charge is 0.214 e. The highest BCUT2D eigenvalue weighted by atomic mass is 32.2. The quantitative estimate of drug-likeness (QED) is 0.692. The Balaban J connectivity index is 2.60. The van der Waals surface area contributed by atoms with E-state index in [0.29, 0.717) is 26.2 Å². The van der Waals surface area contributed by atoms with Crippen LogP contribution in [0.2, 0.25) is 0 Å². The second-order valence-electron chi connectivity index (χ2n) is 3.43. The van der Waals surface area contributed by atoms with Gasteiger partial charge in [-0.1, -0.05) is 0 Å². The molecular weight excluding hydrogens is 206 g/mol. The average molecular weight is 223 g/mol. The molecule has 1 atom stereocenters. The van der Waals surface area contributed by atoms with Gasteiger partial charge in [0.2, 0.25) is 10.0 Å². The van der Waals surface area contributed by atoms with Crippen LogP contribution in [-0.4, -0.2) is 56.0 Å². The monoisotopic (exact) mass is 223 g/mol. The molecule has 0 aromatic heterocycles. The highest BCUT2D eigenvalue weighted by Gasteiger charge is 2.29. The number of morpholine rings is 1. The lowest BCUT2D eigenvalue weighted by Crippen LogP contribution is -2.47. The highest BCUT2D eigenvalue weighted by Crippen LogP contribution is 2.12. The Morgan fingerprint density at radius 2 is 2.29 bits per heavy atom. The van der Waals surface area contributed by atoms with Crippen molar-refractivity contribution in [1.82, 2.24) is 4.31 Å². The third-order valence-corrected chi connectivity index (χ3v) is 4.29. The molecule has 1 saturated heterocycles. The van der Waals surface area contributed by atoms with Crippen molar-refractivity contribution in [2.24, 2.45) is 0 Å². The van der Waals surface area contributed by atoms with E-state index >= 15 is 0 Å². The van der Waals surface area contributed by atoms with Gasteiger partial charge in [0.1, 0.15) is 0 Å². The van der Waals surface area contributed by atoms with Crippen molar-refractivity contribution in [3.8, 4) is 0 Å². The molecule has 0 aromatic rings. The minimum absolute atomic E-state index is 0.0217. The minimum atomic E-state index is -3.20. The Bertz CT molecular complexity index is 265. The molecule has 6 heteroatoms. The van der Waals surface area contributed by atoms with Gasteiger partial charge in [0.05, 0.1) is 19.0 Å². The molecule has 0 radical (unpaired) electrons. The highest BCUT2D eigenvalue weighted by molar-refractivity contribution is 7.89. The maximum Gasteiger partial charge on any atom is 0.214 e. The molecular formula is C8H17NO4S. The fraction of sp³-hybridized carbons (Fsp3) is 1.00. The number of hydrogen-bond donors (Lipinski definition) is 1. The standard InChI is InChI=1S/C8H17NO4S/c1-8-7-13-5-3-9(8)14(11,12)6-2-4-10/h8,10H,2-7H2,1H3. The van der Waals surface area contributed by atoms with Crippen molar-refractivity contribution in [2.75, 3.05) is 32.1 Å². The first-order chi connectivity index (χ1) is 6.58. The van der Waals surface area contributed by atoms with Crippen LogP contribution in [0.15, 0.2) is 0 Å². The van der Waals surface area contributed by atoms with Gasteiger partial charge in [0.15, 0.2) is 0 Å². The van der Waals surface area contributed by atoms with Gasteiger partial charge in [-0.2, -0.15) is 4.31 Å². The van der Waals surface area contributed by atoms with E-state index in [2.05, 4.69) is 0 Å². The lowest BCUT2D eigenvalue weighted by atomic mass is 10.3. The van der Waals surface area contributed by atoms with Gasteiger partial charge in [-0.25, -0.2) is 8.42 Å². The van der Waals surface area contributed by atoms with Crippen molar-refractivity contribution >= 4 is 10.0 Å². The number of rotatable bonds is 4. The summed E-state index contributed by atoms with van der Waals surface area (Å²) in [6.07, 6.45) is 0.298. The van der Waals surface area contributed by atoms with E-state index in [4.69, 9.17) is 9.84 Å². The maximum absolute atomic E-state index is 11.7. The third-order valence-electron chi connectivity index (χ3n) is 2.22. The summed E-state index contributed by atoms with van der Waals surface area (Å²) in [5.41, 5.74) is 0. The van der Waals surface area contributed by atoms with Crippen molar-refractivity contribution in [2.45, 2.75) is 19.4 Å². The minimum Gasteiger partial charge on any atom is -0.396 e. The first-order valence-electron chi connectivity index (χ1n) is 4.76. The SMILES string of the molecule is CC1COCCN1S(=O)(=O)CCCO. The third kappa shape index (κ3) is 2.91. The Kier molecular flexibility index (Phi) is 4.31. The molecule has 5 nitrogen and oxygen atoms in total. The lowest BCUT2D eigenvalue weighted by molar-refractivity contribution is 0.0392. The average Bonchev–Trinajstić information content (AvgIpc) is 2.15. The largest absolute Gasteiger partial charge is 0.396 e. The summed E-state index contributed by atoms with van der Waals surface area (Å²) in [6.45, 7) is 3.09. The van der Waals surface area contributed by atoms with Crippen molar-refractivity contribution < 1.29 is 18.3 Å². The van der Waals surface area contributed by atoms with Crippen molar-refractivity contribution in [1.29, 1.82) is 0 Å². The van der Waals surface area contributed by atoms with Crippen molar-refractivity contribution in [3.05, 3.63) is 0 Å². The van der Waals surface area contributed by atoms with Gasteiger partial charge in [-0.3, -0.25) is 0 Å². The first kappa shape index (κ1) is 11.9. The van der Waals surface area contributed by atoms with Gasteiger partial charge in [-0.15, -0.1) is 0 Å². The number of sulfonamides is 1. The van der Waals surface area contributed by atoms with E-state index < -0.39 is 10.0 Å². The van der Waals surface area contributed by atoms with E-state index in [9.17, 15) is 8.42 Å². The fourth-order valence-electron chi connectivity index (χ4n) is 1.49. The van der Waals surface area contributed by atoms with Crippen LogP contribution in [0.3, 0.4) is 0 Å². The molecule has 1 fully saturated rings. The summed E-state index contributed by atoms with van der Waals surface area (Å²) in [6, 6.07) is -0.0903. The van der Waals surface area contributed by atoms with Crippen LogP contribution in [0.25, 0.3) is 0 Å². The van der Waals surface area contributed by atoms with Crippen LogP contribution in [-0.2, 0) is 14.8 Å². The van der Waals surface area contributed by atoms with E-state index in [1.807, 2.05) is 6.92 Å². The first-order valence-corrected chi connectivity index (χ1v) is 6.37. The molecule has 0 bridgehead atoms. The van der Waals surface area contributed by atoms with E-state index in [1.54, 1.807) is 0 Å². The molecule has 1 aliphatic heterocycles. The Morgan fingerprint density at radius 1 is 1.57 bits per heavy atom. The number of ether oxygens (including phenoxy) is 1. The Labute approximate surface area is 84.7 Å². The summed E-state index contributed by atoms with van der Waals surface area (Å²) in [5.74, 6) is 0.0217. The summed E-state index contributed by atoms with van der Waals surface area (Å²) < 4.78 is 30.0. The van der Waals surface area contributed by atoms with Crippen LogP contribution in [0.1, 0.15) is 13.3 Å². The Hall–Kier alpha value is -0.170. The van der Waals surface area contributed by atoms with E-state index in [1.165, 1.54) is 4.31 Å². The summed E-state index contributed by atoms with van der Waals surface area (Å²) >= 11 is 0. The van der Waals surface area contributed by atoms with Crippen LogP contribution in [0.4, 0.5) is 0 Å². The zero-order valence-electron chi connectivity index (χ0n) is 8.35. The molecule has 0 aromatic carbocycles.